The maximum absolute atomic E-state index is 10.3. The number of hydrogen-bond donors (Lipinski definition) is 1. The van der Waals surface area contributed by atoms with E-state index >= 15 is 0 Å². The van der Waals surface area contributed by atoms with E-state index in [4.69, 9.17) is 0 Å². The van der Waals surface area contributed by atoms with Crippen LogP contribution in [-0.2, 0) is 5.75 Å². The molecule has 0 saturated carbocycles. The molecular weight excluding hydrogens is 366 g/mol. The van der Waals surface area contributed by atoms with Crippen molar-refractivity contribution in [2.45, 2.75) is 24.8 Å². The summed E-state index contributed by atoms with van der Waals surface area (Å²) < 4.78 is 2.00. The molecule has 0 bridgehead atoms. The van der Waals surface area contributed by atoms with Gasteiger partial charge in [-0.3, -0.25) is 4.57 Å². The number of phenolic OH excluding ortho intramolecular Hbond substituents is 1. The second-order valence-corrected chi connectivity index (χ2v) is 7.66. The second-order valence-electron chi connectivity index (χ2n) is 6.71. The van der Waals surface area contributed by atoms with E-state index in [-0.39, 0.29) is 5.75 Å². The van der Waals surface area contributed by atoms with Gasteiger partial charge in [-0.05, 0) is 49.2 Å². The van der Waals surface area contributed by atoms with Gasteiger partial charge in [0.05, 0.1) is 5.56 Å². The molecule has 0 aliphatic heterocycles. The van der Waals surface area contributed by atoms with Crippen LogP contribution in [0.1, 0.15) is 16.7 Å². The molecule has 0 amide bonds. The largest absolute Gasteiger partial charge is 0.507 e. The monoisotopic (exact) mass is 387 g/mol. The quantitative estimate of drug-likeness (QED) is 0.456. The lowest BCUT2D eigenvalue weighted by molar-refractivity contribution is 0.476. The molecule has 4 aromatic rings. The molecular formula is C23H21N3OS. The summed E-state index contributed by atoms with van der Waals surface area (Å²) in [5.41, 5.74) is 5.45. The summed E-state index contributed by atoms with van der Waals surface area (Å²) in [5, 5.41) is 20.0. The van der Waals surface area contributed by atoms with Crippen molar-refractivity contribution in [2.24, 2.45) is 0 Å². The Morgan fingerprint density at radius 2 is 1.64 bits per heavy atom. The predicted molar refractivity (Wildman–Crippen MR) is 114 cm³/mol. The zero-order valence-corrected chi connectivity index (χ0v) is 16.6. The molecule has 0 saturated heterocycles. The summed E-state index contributed by atoms with van der Waals surface area (Å²) >= 11 is 1.64. The summed E-state index contributed by atoms with van der Waals surface area (Å²) in [6, 6.07) is 23.7. The Morgan fingerprint density at radius 1 is 0.893 bits per heavy atom. The first-order chi connectivity index (χ1) is 13.6. The molecule has 4 nitrogen and oxygen atoms in total. The van der Waals surface area contributed by atoms with E-state index < -0.39 is 0 Å². The van der Waals surface area contributed by atoms with Crippen molar-refractivity contribution in [3.8, 4) is 22.8 Å². The average Bonchev–Trinajstić information content (AvgIpc) is 3.12. The van der Waals surface area contributed by atoms with Crippen molar-refractivity contribution in [3.05, 3.63) is 89.5 Å². The van der Waals surface area contributed by atoms with Crippen molar-refractivity contribution in [2.75, 3.05) is 0 Å². The predicted octanol–water partition coefficient (Wildman–Crippen LogP) is 5.55. The number of aryl methyl sites for hydroxylation is 2. The number of phenols is 1. The molecule has 0 radical (unpaired) electrons. The average molecular weight is 388 g/mol. The molecule has 5 heteroatoms. The van der Waals surface area contributed by atoms with E-state index in [1.807, 2.05) is 47.0 Å². The van der Waals surface area contributed by atoms with Gasteiger partial charge in [0.1, 0.15) is 5.75 Å². The van der Waals surface area contributed by atoms with Crippen LogP contribution in [0.25, 0.3) is 17.1 Å². The van der Waals surface area contributed by atoms with Crippen LogP contribution in [0.4, 0.5) is 0 Å². The maximum Gasteiger partial charge on any atom is 0.196 e. The Bertz CT molecular complexity index is 1110. The molecule has 1 aromatic heterocycles. The molecule has 4 rings (SSSR count). The fourth-order valence-corrected chi connectivity index (χ4v) is 4.19. The Labute approximate surface area is 168 Å². The first kappa shape index (κ1) is 18.3. The normalized spacial score (nSPS) is 10.9. The summed E-state index contributed by atoms with van der Waals surface area (Å²) in [4.78, 5) is 0. The highest BCUT2D eigenvalue weighted by molar-refractivity contribution is 7.98. The van der Waals surface area contributed by atoms with Crippen LogP contribution in [0.3, 0.4) is 0 Å². The van der Waals surface area contributed by atoms with Gasteiger partial charge in [-0.15, -0.1) is 10.2 Å². The molecule has 0 aliphatic rings. The van der Waals surface area contributed by atoms with Crippen molar-refractivity contribution >= 4 is 11.8 Å². The van der Waals surface area contributed by atoms with E-state index in [9.17, 15) is 5.11 Å². The highest BCUT2D eigenvalue weighted by Gasteiger charge is 2.18. The van der Waals surface area contributed by atoms with Gasteiger partial charge in [-0.1, -0.05) is 65.9 Å². The minimum atomic E-state index is 0.193. The highest BCUT2D eigenvalue weighted by Crippen LogP contribution is 2.33. The third-order valence-electron chi connectivity index (χ3n) is 4.65. The van der Waals surface area contributed by atoms with Crippen LogP contribution in [-0.4, -0.2) is 19.9 Å². The molecule has 0 atom stereocenters. The SMILES string of the molecule is Cc1ccc(CSc2nnc(-c3ccccc3O)n2-c2ccccc2)c(C)c1. The summed E-state index contributed by atoms with van der Waals surface area (Å²) in [6.07, 6.45) is 0. The van der Waals surface area contributed by atoms with Gasteiger partial charge in [0.15, 0.2) is 11.0 Å². The highest BCUT2D eigenvalue weighted by atomic mass is 32.2. The van der Waals surface area contributed by atoms with Crippen LogP contribution < -0.4 is 0 Å². The first-order valence-corrected chi connectivity index (χ1v) is 10.1. The summed E-state index contributed by atoms with van der Waals surface area (Å²) in [6.45, 7) is 4.24. The number of aromatic hydroxyl groups is 1. The van der Waals surface area contributed by atoms with Crippen molar-refractivity contribution in [3.63, 3.8) is 0 Å². The minimum absolute atomic E-state index is 0.193. The van der Waals surface area contributed by atoms with Gasteiger partial charge in [0.25, 0.3) is 0 Å². The number of aromatic nitrogens is 3. The topological polar surface area (TPSA) is 50.9 Å². The lowest BCUT2D eigenvalue weighted by Crippen LogP contribution is -2.00. The molecule has 1 N–H and O–H groups in total. The third-order valence-corrected chi connectivity index (χ3v) is 5.63. The summed E-state index contributed by atoms with van der Waals surface area (Å²) in [5.74, 6) is 1.63. The van der Waals surface area contributed by atoms with Crippen LogP contribution in [0.15, 0.2) is 78.0 Å². The molecule has 0 spiro atoms. The van der Waals surface area contributed by atoms with Gasteiger partial charge in [0.2, 0.25) is 0 Å². The van der Waals surface area contributed by atoms with Crippen LogP contribution >= 0.6 is 11.8 Å². The van der Waals surface area contributed by atoms with Crippen molar-refractivity contribution in [1.82, 2.24) is 14.8 Å². The van der Waals surface area contributed by atoms with E-state index in [2.05, 4.69) is 42.2 Å². The lowest BCUT2D eigenvalue weighted by atomic mass is 10.1. The standard InChI is InChI=1S/C23H21N3OS/c1-16-12-13-18(17(2)14-16)15-28-23-25-24-22(20-10-6-7-11-21(20)27)26(23)19-8-4-3-5-9-19/h3-14,27H,15H2,1-2H3. The first-order valence-electron chi connectivity index (χ1n) is 9.11. The molecule has 0 unspecified atom stereocenters. The zero-order chi connectivity index (χ0) is 19.5. The van der Waals surface area contributed by atoms with Gasteiger partial charge in [0, 0.05) is 11.4 Å². The van der Waals surface area contributed by atoms with Gasteiger partial charge < -0.3 is 5.11 Å². The Morgan fingerprint density at radius 3 is 2.39 bits per heavy atom. The molecule has 0 fully saturated rings. The number of rotatable bonds is 5. The Balaban J connectivity index is 1.74. The van der Waals surface area contributed by atoms with Crippen LogP contribution in [0.5, 0.6) is 5.75 Å². The fourth-order valence-electron chi connectivity index (χ4n) is 3.16. The van der Waals surface area contributed by atoms with Gasteiger partial charge in [-0.2, -0.15) is 0 Å². The number of nitrogens with zero attached hydrogens (tertiary/aromatic N) is 3. The molecule has 0 aliphatic carbocycles. The van der Waals surface area contributed by atoms with Gasteiger partial charge in [-0.25, -0.2) is 0 Å². The number of hydrogen-bond acceptors (Lipinski definition) is 4. The Kier molecular flexibility index (Phi) is 5.17. The van der Waals surface area contributed by atoms with Crippen LogP contribution in [0, 0.1) is 13.8 Å². The van der Waals surface area contributed by atoms with Crippen molar-refractivity contribution in [1.29, 1.82) is 0 Å². The number of para-hydroxylation sites is 2. The van der Waals surface area contributed by atoms with E-state index in [0.717, 1.165) is 16.6 Å². The molecule has 28 heavy (non-hydrogen) atoms. The Hall–Kier alpha value is -3.05. The van der Waals surface area contributed by atoms with Gasteiger partial charge >= 0.3 is 0 Å². The zero-order valence-electron chi connectivity index (χ0n) is 15.8. The fraction of sp³-hybridized carbons (Fsp3) is 0.130. The molecule has 1 heterocycles. The third kappa shape index (κ3) is 3.66. The van der Waals surface area contributed by atoms with E-state index in [0.29, 0.717) is 11.4 Å². The lowest BCUT2D eigenvalue weighted by Gasteiger charge is -2.12. The molecule has 140 valence electrons. The smallest absolute Gasteiger partial charge is 0.196 e. The van der Waals surface area contributed by atoms with E-state index in [1.54, 1.807) is 23.9 Å². The van der Waals surface area contributed by atoms with Crippen LogP contribution in [0.2, 0.25) is 0 Å². The number of benzene rings is 3. The molecule has 3 aromatic carbocycles. The maximum atomic E-state index is 10.3. The van der Waals surface area contributed by atoms with E-state index in [1.165, 1.54) is 16.7 Å². The van der Waals surface area contributed by atoms with Crippen molar-refractivity contribution < 1.29 is 5.11 Å². The summed E-state index contributed by atoms with van der Waals surface area (Å²) in [7, 11) is 0. The number of thioether (sulfide) groups is 1. The second kappa shape index (κ2) is 7.90. The minimum Gasteiger partial charge on any atom is -0.507 e.